The Bertz CT molecular complexity index is 374. The predicted molar refractivity (Wildman–Crippen MR) is 51.2 cm³/mol. The molecule has 0 aromatic heterocycles. The summed E-state index contributed by atoms with van der Waals surface area (Å²) in [5, 5.41) is 17.0. The summed E-state index contributed by atoms with van der Waals surface area (Å²) in [5.74, 6) is -0.960. The lowest BCUT2D eigenvalue weighted by atomic mass is 10.1. The van der Waals surface area contributed by atoms with Gasteiger partial charge in [-0.25, -0.2) is 9.79 Å². The van der Waals surface area contributed by atoms with E-state index in [4.69, 9.17) is 10.3 Å². The van der Waals surface area contributed by atoms with E-state index in [0.717, 1.165) is 6.34 Å². The number of aromatic carboxylic acids is 1. The average Bonchev–Trinajstić information content (AvgIpc) is 2.14. The molecule has 0 unspecified atom stereocenters. The molecule has 0 bridgehead atoms. The van der Waals surface area contributed by atoms with Gasteiger partial charge < -0.3 is 5.11 Å². The van der Waals surface area contributed by atoms with Gasteiger partial charge >= 0.3 is 5.97 Å². The van der Waals surface area contributed by atoms with Crippen molar-refractivity contribution in [1.29, 1.82) is 0 Å². The van der Waals surface area contributed by atoms with Gasteiger partial charge in [-0.05, 0) is 30.7 Å². The van der Waals surface area contributed by atoms with Gasteiger partial charge in [-0.15, -0.1) is 0 Å². The molecule has 0 heterocycles. The molecule has 0 aliphatic carbocycles. The summed E-state index contributed by atoms with van der Waals surface area (Å²) < 4.78 is 0. The van der Waals surface area contributed by atoms with Gasteiger partial charge in [0.2, 0.25) is 0 Å². The van der Waals surface area contributed by atoms with Crippen LogP contribution in [0.1, 0.15) is 15.9 Å². The van der Waals surface area contributed by atoms with E-state index < -0.39 is 5.97 Å². The molecule has 14 heavy (non-hydrogen) atoms. The van der Waals surface area contributed by atoms with Gasteiger partial charge in [0.1, 0.15) is 6.34 Å². The summed E-state index contributed by atoms with van der Waals surface area (Å²) in [6.07, 6.45) is 1.11. The Morgan fingerprint density at radius 3 is 2.79 bits per heavy atom. The molecular formula is C9H10N2O3. The van der Waals surface area contributed by atoms with Crippen LogP contribution in [0, 0.1) is 6.92 Å². The van der Waals surface area contributed by atoms with Crippen LogP contribution in [0.15, 0.2) is 23.2 Å². The van der Waals surface area contributed by atoms with Gasteiger partial charge in [-0.2, -0.15) is 0 Å². The van der Waals surface area contributed by atoms with E-state index in [1.165, 1.54) is 6.07 Å². The molecule has 0 radical (unpaired) electrons. The summed E-state index contributed by atoms with van der Waals surface area (Å²) in [6.45, 7) is 1.69. The molecule has 0 atom stereocenters. The number of carbonyl (C=O) groups is 1. The molecule has 1 aromatic rings. The standard InChI is InChI=1S/C9H10N2O3/c1-6-4-7(10-5-11-14)2-3-8(6)9(12)13/h2-5,14H,1H3,(H,10,11)(H,12,13). The normalized spacial score (nSPS) is 10.4. The molecule has 1 rings (SSSR count). The first-order chi connectivity index (χ1) is 6.65. The molecule has 0 saturated heterocycles. The quantitative estimate of drug-likeness (QED) is 0.385. The minimum absolute atomic E-state index is 0.251. The van der Waals surface area contributed by atoms with Crippen molar-refractivity contribution in [2.75, 3.05) is 0 Å². The Hall–Kier alpha value is -1.88. The van der Waals surface area contributed by atoms with Crippen molar-refractivity contribution in [2.24, 2.45) is 4.99 Å². The zero-order chi connectivity index (χ0) is 10.6. The summed E-state index contributed by atoms with van der Waals surface area (Å²) in [4.78, 5) is 14.5. The highest BCUT2D eigenvalue weighted by Gasteiger charge is 2.05. The Labute approximate surface area is 80.7 Å². The molecule has 0 amide bonds. The maximum absolute atomic E-state index is 10.7. The predicted octanol–water partition coefficient (Wildman–Crippen LogP) is 1.33. The Kier molecular flexibility index (Phi) is 3.19. The topological polar surface area (TPSA) is 81.9 Å². The van der Waals surface area contributed by atoms with Gasteiger partial charge in [-0.3, -0.25) is 10.7 Å². The molecular weight excluding hydrogens is 184 g/mol. The van der Waals surface area contributed by atoms with Crippen LogP contribution in [0.4, 0.5) is 5.69 Å². The zero-order valence-corrected chi connectivity index (χ0v) is 7.56. The molecule has 74 valence electrons. The fourth-order valence-corrected chi connectivity index (χ4v) is 1.07. The lowest BCUT2D eigenvalue weighted by Crippen LogP contribution is -2.01. The van der Waals surface area contributed by atoms with Crippen LogP contribution >= 0.6 is 0 Å². The number of aryl methyl sites for hydroxylation is 1. The van der Waals surface area contributed by atoms with E-state index in [1.807, 2.05) is 0 Å². The third-order valence-electron chi connectivity index (χ3n) is 1.71. The average molecular weight is 194 g/mol. The first kappa shape index (κ1) is 10.2. The molecule has 0 aliphatic rings. The van der Waals surface area contributed by atoms with Gasteiger partial charge in [0.05, 0.1) is 11.3 Å². The van der Waals surface area contributed by atoms with Crippen LogP contribution in [0.5, 0.6) is 0 Å². The Morgan fingerprint density at radius 2 is 2.29 bits per heavy atom. The minimum atomic E-state index is -0.960. The van der Waals surface area contributed by atoms with Crippen molar-refractivity contribution >= 4 is 18.0 Å². The number of nitrogens with one attached hydrogen (secondary N) is 1. The minimum Gasteiger partial charge on any atom is -0.478 e. The van der Waals surface area contributed by atoms with Gasteiger partial charge in [0.25, 0.3) is 0 Å². The van der Waals surface area contributed by atoms with E-state index in [1.54, 1.807) is 24.5 Å². The lowest BCUT2D eigenvalue weighted by Gasteiger charge is -2.00. The second kappa shape index (κ2) is 4.38. The van der Waals surface area contributed by atoms with Crippen molar-refractivity contribution in [3.8, 4) is 0 Å². The van der Waals surface area contributed by atoms with Crippen LogP contribution in [-0.4, -0.2) is 22.6 Å². The smallest absolute Gasteiger partial charge is 0.335 e. The van der Waals surface area contributed by atoms with Gasteiger partial charge in [0, 0.05) is 0 Å². The van der Waals surface area contributed by atoms with E-state index in [9.17, 15) is 4.79 Å². The number of aliphatic imine (C=N–C) groups is 1. The maximum atomic E-state index is 10.7. The van der Waals surface area contributed by atoms with Crippen molar-refractivity contribution in [3.05, 3.63) is 29.3 Å². The molecule has 0 spiro atoms. The highest BCUT2D eigenvalue weighted by Crippen LogP contribution is 2.17. The van der Waals surface area contributed by atoms with E-state index in [-0.39, 0.29) is 5.56 Å². The third-order valence-corrected chi connectivity index (χ3v) is 1.71. The summed E-state index contributed by atoms with van der Waals surface area (Å²) in [6, 6.07) is 4.66. The number of carboxylic acids is 1. The molecule has 5 heteroatoms. The lowest BCUT2D eigenvalue weighted by molar-refractivity contribution is 0.0696. The highest BCUT2D eigenvalue weighted by molar-refractivity contribution is 5.89. The van der Waals surface area contributed by atoms with E-state index in [2.05, 4.69) is 4.99 Å². The third kappa shape index (κ3) is 2.30. The molecule has 3 N–H and O–H groups in total. The van der Waals surface area contributed by atoms with Crippen molar-refractivity contribution in [1.82, 2.24) is 5.48 Å². The number of benzene rings is 1. The van der Waals surface area contributed by atoms with E-state index >= 15 is 0 Å². The van der Waals surface area contributed by atoms with Gasteiger partial charge in [-0.1, -0.05) is 0 Å². The number of hydrogen-bond donors (Lipinski definition) is 3. The highest BCUT2D eigenvalue weighted by atomic mass is 16.5. The number of carboxylic acid groups (broad SMARTS) is 1. The number of nitrogens with zero attached hydrogens (tertiary/aromatic N) is 1. The summed E-state index contributed by atoms with van der Waals surface area (Å²) in [5.41, 5.74) is 3.22. The van der Waals surface area contributed by atoms with Crippen molar-refractivity contribution in [2.45, 2.75) is 6.92 Å². The zero-order valence-electron chi connectivity index (χ0n) is 7.56. The Morgan fingerprint density at radius 1 is 1.57 bits per heavy atom. The fourth-order valence-electron chi connectivity index (χ4n) is 1.07. The first-order valence-electron chi connectivity index (χ1n) is 3.91. The van der Waals surface area contributed by atoms with E-state index in [0.29, 0.717) is 11.3 Å². The maximum Gasteiger partial charge on any atom is 0.335 e. The fraction of sp³-hybridized carbons (Fsp3) is 0.111. The SMILES string of the molecule is Cc1cc(N=CNO)ccc1C(=O)O. The number of hydroxylamine groups is 1. The molecule has 1 aromatic carbocycles. The monoisotopic (exact) mass is 194 g/mol. The van der Waals surface area contributed by atoms with Crippen LogP contribution in [0.3, 0.4) is 0 Å². The van der Waals surface area contributed by atoms with Crippen molar-refractivity contribution in [3.63, 3.8) is 0 Å². The second-order valence-corrected chi connectivity index (χ2v) is 2.69. The Balaban J connectivity index is 3.00. The van der Waals surface area contributed by atoms with Crippen molar-refractivity contribution < 1.29 is 15.1 Å². The van der Waals surface area contributed by atoms with Gasteiger partial charge in [0.15, 0.2) is 0 Å². The first-order valence-corrected chi connectivity index (χ1v) is 3.91. The van der Waals surface area contributed by atoms with Crippen LogP contribution in [0.2, 0.25) is 0 Å². The number of rotatable bonds is 3. The largest absolute Gasteiger partial charge is 0.478 e. The summed E-state index contributed by atoms with van der Waals surface area (Å²) >= 11 is 0. The molecule has 0 saturated carbocycles. The summed E-state index contributed by atoms with van der Waals surface area (Å²) in [7, 11) is 0. The van der Waals surface area contributed by atoms with Crippen LogP contribution in [0.25, 0.3) is 0 Å². The molecule has 0 aliphatic heterocycles. The van der Waals surface area contributed by atoms with Crippen LogP contribution < -0.4 is 5.48 Å². The number of hydrogen-bond acceptors (Lipinski definition) is 3. The molecule has 5 nitrogen and oxygen atoms in total. The molecule has 0 fully saturated rings. The van der Waals surface area contributed by atoms with Crippen LogP contribution in [-0.2, 0) is 0 Å². The second-order valence-electron chi connectivity index (χ2n) is 2.69.